The van der Waals surface area contributed by atoms with Crippen LogP contribution >= 0.6 is 11.6 Å². The molecule has 0 spiro atoms. The number of hydrogen-bond acceptors (Lipinski definition) is 2. The smallest absolute Gasteiger partial charge is 0.322 e. The first-order valence-corrected chi connectivity index (χ1v) is 4.83. The Morgan fingerprint density at radius 2 is 2.07 bits per heavy atom. The van der Waals surface area contributed by atoms with Gasteiger partial charge in [0.15, 0.2) is 0 Å². The number of aryl methyl sites for hydroxylation is 1. The lowest BCUT2D eigenvalue weighted by atomic mass is 10.0. The van der Waals surface area contributed by atoms with Gasteiger partial charge in [0.2, 0.25) is 0 Å². The maximum atomic E-state index is 11.4. The highest BCUT2D eigenvalue weighted by atomic mass is 35.5. The van der Waals surface area contributed by atoms with Crippen LogP contribution in [-0.4, -0.2) is 11.9 Å². The van der Waals surface area contributed by atoms with E-state index in [1.165, 1.54) is 0 Å². The molecule has 1 aliphatic rings. The lowest BCUT2D eigenvalue weighted by Crippen LogP contribution is -2.22. The van der Waals surface area contributed by atoms with E-state index < -0.39 is 12.1 Å². The second-order valence-electron chi connectivity index (χ2n) is 3.40. The summed E-state index contributed by atoms with van der Waals surface area (Å²) >= 11 is 5.86. The minimum atomic E-state index is -0.603. The van der Waals surface area contributed by atoms with Crippen LogP contribution in [0.3, 0.4) is 0 Å². The summed E-state index contributed by atoms with van der Waals surface area (Å²) in [6, 6.07) is 4.17. The Morgan fingerprint density at radius 1 is 1.33 bits per heavy atom. The van der Waals surface area contributed by atoms with Crippen LogP contribution in [0, 0.1) is 6.92 Å². The van der Waals surface area contributed by atoms with Crippen molar-refractivity contribution in [3.05, 3.63) is 34.3 Å². The second-order valence-corrected chi connectivity index (χ2v) is 3.81. The van der Waals surface area contributed by atoms with E-state index >= 15 is 0 Å². The molecule has 0 saturated carbocycles. The number of carbonyl (C=O) groups is 2. The standard InChI is InChI=1S/C10H9ClN2O2/c1-5-4-6(2-3-7(5)11)8-9(14)13-10(15)12-8/h2-4,8H,1H3,(H2,12,13,14,15)/t8-/m1/s1. The number of imide groups is 1. The molecule has 2 rings (SSSR count). The Hall–Kier alpha value is -1.55. The van der Waals surface area contributed by atoms with E-state index in [0.717, 1.165) is 11.1 Å². The Labute approximate surface area is 91.6 Å². The van der Waals surface area contributed by atoms with Crippen LogP contribution < -0.4 is 10.6 Å². The highest BCUT2D eigenvalue weighted by molar-refractivity contribution is 6.31. The maximum absolute atomic E-state index is 11.4. The van der Waals surface area contributed by atoms with Gasteiger partial charge in [-0.3, -0.25) is 10.1 Å². The van der Waals surface area contributed by atoms with E-state index in [0.29, 0.717) is 5.02 Å². The molecule has 1 aliphatic heterocycles. The molecular weight excluding hydrogens is 216 g/mol. The largest absolute Gasteiger partial charge is 0.322 e. The molecule has 1 atom stereocenters. The SMILES string of the molecule is Cc1cc([C@H]2NC(=O)NC2=O)ccc1Cl. The quantitative estimate of drug-likeness (QED) is 0.711. The van der Waals surface area contributed by atoms with Crippen molar-refractivity contribution in [2.24, 2.45) is 0 Å². The van der Waals surface area contributed by atoms with Gasteiger partial charge in [0, 0.05) is 5.02 Å². The lowest BCUT2D eigenvalue weighted by molar-refractivity contribution is -0.120. The van der Waals surface area contributed by atoms with E-state index in [9.17, 15) is 9.59 Å². The lowest BCUT2D eigenvalue weighted by Gasteiger charge is -2.08. The van der Waals surface area contributed by atoms with E-state index in [-0.39, 0.29) is 5.91 Å². The minimum absolute atomic E-state index is 0.332. The van der Waals surface area contributed by atoms with Crippen LogP contribution in [-0.2, 0) is 4.79 Å². The third-order valence-corrected chi connectivity index (χ3v) is 2.71. The maximum Gasteiger partial charge on any atom is 0.322 e. The summed E-state index contributed by atoms with van der Waals surface area (Å²) in [5.41, 5.74) is 1.61. The Morgan fingerprint density at radius 3 is 2.60 bits per heavy atom. The summed E-state index contributed by atoms with van der Waals surface area (Å²) in [7, 11) is 0. The van der Waals surface area contributed by atoms with Crippen LogP contribution in [0.1, 0.15) is 17.2 Å². The van der Waals surface area contributed by atoms with Crippen molar-refractivity contribution in [3.63, 3.8) is 0 Å². The van der Waals surface area contributed by atoms with E-state index in [4.69, 9.17) is 11.6 Å². The number of urea groups is 1. The third-order valence-electron chi connectivity index (χ3n) is 2.29. The number of halogens is 1. The molecule has 15 heavy (non-hydrogen) atoms. The number of nitrogens with one attached hydrogen (secondary N) is 2. The van der Waals surface area contributed by atoms with Crippen LogP contribution in [0.2, 0.25) is 5.02 Å². The summed E-state index contributed by atoms with van der Waals surface area (Å²) in [5.74, 6) is -0.332. The zero-order valence-electron chi connectivity index (χ0n) is 8.00. The molecule has 3 amide bonds. The number of amides is 3. The second kappa shape index (κ2) is 3.55. The van der Waals surface area contributed by atoms with Crippen molar-refractivity contribution in [2.75, 3.05) is 0 Å². The first-order valence-electron chi connectivity index (χ1n) is 4.45. The fourth-order valence-corrected chi connectivity index (χ4v) is 1.62. The van der Waals surface area contributed by atoms with Crippen molar-refractivity contribution in [1.29, 1.82) is 0 Å². The molecule has 78 valence electrons. The molecule has 0 aliphatic carbocycles. The normalized spacial score (nSPS) is 20.0. The predicted molar refractivity (Wildman–Crippen MR) is 55.6 cm³/mol. The van der Waals surface area contributed by atoms with Crippen molar-refractivity contribution >= 4 is 23.5 Å². The van der Waals surface area contributed by atoms with Crippen molar-refractivity contribution in [3.8, 4) is 0 Å². The molecule has 4 nitrogen and oxygen atoms in total. The van der Waals surface area contributed by atoms with Crippen LogP contribution in [0.4, 0.5) is 4.79 Å². The van der Waals surface area contributed by atoms with Gasteiger partial charge in [-0.15, -0.1) is 0 Å². The molecular formula is C10H9ClN2O2. The average molecular weight is 225 g/mol. The Bertz CT molecular complexity index is 445. The van der Waals surface area contributed by atoms with Gasteiger partial charge in [-0.1, -0.05) is 23.7 Å². The molecule has 0 bridgehead atoms. The Kier molecular flexibility index (Phi) is 2.36. The molecule has 1 saturated heterocycles. The molecule has 1 fully saturated rings. The zero-order valence-corrected chi connectivity index (χ0v) is 8.76. The molecule has 1 heterocycles. The molecule has 0 aromatic heterocycles. The fourth-order valence-electron chi connectivity index (χ4n) is 1.50. The first kappa shape index (κ1) is 9.98. The van der Waals surface area contributed by atoms with Crippen molar-refractivity contribution < 1.29 is 9.59 Å². The van der Waals surface area contributed by atoms with Crippen LogP contribution in [0.25, 0.3) is 0 Å². The summed E-state index contributed by atoms with van der Waals surface area (Å²) in [6.07, 6.45) is 0. The molecule has 5 heteroatoms. The summed E-state index contributed by atoms with van der Waals surface area (Å²) in [5, 5.41) is 5.34. The average Bonchev–Trinajstić information content (AvgIpc) is 2.50. The topological polar surface area (TPSA) is 58.2 Å². The Balaban J connectivity index is 2.34. The van der Waals surface area contributed by atoms with Gasteiger partial charge < -0.3 is 5.32 Å². The highest BCUT2D eigenvalue weighted by Crippen LogP contribution is 2.22. The van der Waals surface area contributed by atoms with E-state index in [1.54, 1.807) is 18.2 Å². The monoisotopic (exact) mass is 224 g/mol. The van der Waals surface area contributed by atoms with Crippen LogP contribution in [0.5, 0.6) is 0 Å². The van der Waals surface area contributed by atoms with Gasteiger partial charge in [-0.05, 0) is 24.1 Å². The third kappa shape index (κ3) is 1.80. The summed E-state index contributed by atoms with van der Waals surface area (Å²) < 4.78 is 0. The molecule has 0 radical (unpaired) electrons. The van der Waals surface area contributed by atoms with Gasteiger partial charge in [0.25, 0.3) is 5.91 Å². The van der Waals surface area contributed by atoms with Gasteiger partial charge >= 0.3 is 6.03 Å². The molecule has 1 aromatic carbocycles. The number of hydrogen-bond donors (Lipinski definition) is 2. The summed E-state index contributed by atoms with van der Waals surface area (Å²) in [6.45, 7) is 1.85. The fraction of sp³-hybridized carbons (Fsp3) is 0.200. The highest BCUT2D eigenvalue weighted by Gasteiger charge is 2.30. The zero-order chi connectivity index (χ0) is 11.0. The van der Waals surface area contributed by atoms with Gasteiger partial charge in [-0.2, -0.15) is 0 Å². The molecule has 2 N–H and O–H groups in total. The minimum Gasteiger partial charge on any atom is -0.322 e. The van der Waals surface area contributed by atoms with Gasteiger partial charge in [-0.25, -0.2) is 4.79 Å². The molecule has 1 aromatic rings. The van der Waals surface area contributed by atoms with Crippen LogP contribution in [0.15, 0.2) is 18.2 Å². The number of rotatable bonds is 1. The summed E-state index contributed by atoms with van der Waals surface area (Å²) in [4.78, 5) is 22.3. The van der Waals surface area contributed by atoms with Crippen molar-refractivity contribution in [1.82, 2.24) is 10.6 Å². The molecule has 0 unspecified atom stereocenters. The first-order chi connectivity index (χ1) is 7.08. The van der Waals surface area contributed by atoms with Gasteiger partial charge in [0.05, 0.1) is 0 Å². The van der Waals surface area contributed by atoms with Gasteiger partial charge in [0.1, 0.15) is 6.04 Å². The predicted octanol–water partition coefficient (Wildman–Crippen LogP) is 1.53. The van der Waals surface area contributed by atoms with Crippen molar-refractivity contribution in [2.45, 2.75) is 13.0 Å². The number of carbonyl (C=O) groups excluding carboxylic acids is 2. The number of benzene rings is 1. The van der Waals surface area contributed by atoms with E-state index in [1.807, 2.05) is 6.92 Å². The van der Waals surface area contributed by atoms with E-state index in [2.05, 4.69) is 10.6 Å².